The Balaban J connectivity index is 1.52. The van der Waals surface area contributed by atoms with E-state index in [1.165, 1.54) is 18.4 Å². The first-order valence-electron chi connectivity index (χ1n) is 7.40. The van der Waals surface area contributed by atoms with Crippen LogP contribution in [0.1, 0.15) is 20.0 Å². The van der Waals surface area contributed by atoms with Crippen molar-refractivity contribution in [3.8, 4) is 0 Å². The Morgan fingerprint density at radius 3 is 2.46 bits per heavy atom. The third kappa shape index (κ3) is 3.30. The van der Waals surface area contributed by atoms with E-state index in [0.717, 1.165) is 0 Å². The molecule has 0 radical (unpaired) electrons. The second-order valence-corrected chi connectivity index (χ2v) is 6.39. The largest absolute Gasteiger partial charge is 0.465 e. The third-order valence-corrected chi connectivity index (χ3v) is 4.70. The quantitative estimate of drug-likeness (QED) is 0.863. The molecule has 0 unspecified atom stereocenters. The monoisotopic (exact) mass is 344 g/mol. The highest BCUT2D eigenvalue weighted by atomic mass is 32.1. The molecule has 1 aliphatic heterocycles. The van der Waals surface area contributed by atoms with Crippen molar-refractivity contribution < 1.29 is 19.1 Å². The van der Waals surface area contributed by atoms with Gasteiger partial charge in [0.2, 0.25) is 5.91 Å². The molecule has 1 aromatic heterocycles. The van der Waals surface area contributed by atoms with Crippen molar-refractivity contribution in [1.82, 2.24) is 4.90 Å². The number of anilines is 1. The fourth-order valence-corrected chi connectivity index (χ4v) is 3.11. The molecule has 1 saturated heterocycles. The minimum Gasteiger partial charge on any atom is -0.465 e. The molecule has 124 valence electrons. The normalized spacial score (nSPS) is 14.0. The minimum absolute atomic E-state index is 0.0310. The van der Waals surface area contributed by atoms with E-state index in [-0.39, 0.29) is 17.7 Å². The molecule has 3 rings (SSSR count). The van der Waals surface area contributed by atoms with E-state index in [0.29, 0.717) is 29.2 Å². The summed E-state index contributed by atoms with van der Waals surface area (Å²) in [5.74, 6) is -0.795. The number of hydrogen-bond donors (Lipinski definition) is 1. The lowest BCUT2D eigenvalue weighted by atomic mass is 9.98. The number of methoxy groups -OCH3 is 1. The summed E-state index contributed by atoms with van der Waals surface area (Å²) in [6, 6.07) is 10.1. The van der Waals surface area contributed by atoms with Crippen LogP contribution in [0.15, 0.2) is 41.8 Å². The van der Waals surface area contributed by atoms with Gasteiger partial charge in [-0.05, 0) is 35.7 Å². The predicted molar refractivity (Wildman–Crippen MR) is 90.1 cm³/mol. The van der Waals surface area contributed by atoms with Crippen LogP contribution in [0, 0.1) is 5.92 Å². The Morgan fingerprint density at radius 2 is 1.88 bits per heavy atom. The Morgan fingerprint density at radius 1 is 1.17 bits per heavy atom. The van der Waals surface area contributed by atoms with E-state index in [2.05, 4.69) is 10.1 Å². The number of likely N-dealkylation sites (tertiary alicyclic amines) is 1. The van der Waals surface area contributed by atoms with Gasteiger partial charge in [-0.2, -0.15) is 0 Å². The van der Waals surface area contributed by atoms with Gasteiger partial charge >= 0.3 is 5.97 Å². The number of carbonyl (C=O) groups excluding carboxylic acids is 3. The molecule has 0 spiro atoms. The second kappa shape index (κ2) is 6.84. The molecule has 2 heterocycles. The van der Waals surface area contributed by atoms with Crippen LogP contribution in [-0.4, -0.2) is 42.9 Å². The highest BCUT2D eigenvalue weighted by Crippen LogP contribution is 2.22. The first kappa shape index (κ1) is 16.2. The standard InChI is InChI=1S/C17H16N2O4S/c1-23-17(22)11-4-6-13(7-5-11)18-15(20)12-9-19(10-12)16(21)14-3-2-8-24-14/h2-8,12H,9-10H2,1H3,(H,18,20). The molecule has 0 aliphatic carbocycles. The fraction of sp³-hybridized carbons (Fsp3) is 0.235. The zero-order chi connectivity index (χ0) is 17.1. The van der Waals surface area contributed by atoms with Gasteiger partial charge in [-0.25, -0.2) is 4.79 Å². The van der Waals surface area contributed by atoms with Crippen molar-refractivity contribution in [3.63, 3.8) is 0 Å². The van der Waals surface area contributed by atoms with E-state index in [9.17, 15) is 14.4 Å². The van der Waals surface area contributed by atoms with Crippen LogP contribution < -0.4 is 5.32 Å². The van der Waals surface area contributed by atoms with Crippen molar-refractivity contribution in [3.05, 3.63) is 52.2 Å². The average molecular weight is 344 g/mol. The Kier molecular flexibility index (Phi) is 4.61. The van der Waals surface area contributed by atoms with Gasteiger partial charge in [-0.3, -0.25) is 9.59 Å². The zero-order valence-electron chi connectivity index (χ0n) is 13.0. The van der Waals surface area contributed by atoms with Gasteiger partial charge in [0.25, 0.3) is 5.91 Å². The molecular formula is C17H16N2O4S. The molecule has 0 saturated carbocycles. The molecule has 0 bridgehead atoms. The first-order chi connectivity index (χ1) is 11.6. The molecular weight excluding hydrogens is 328 g/mol. The summed E-state index contributed by atoms with van der Waals surface area (Å²) >= 11 is 1.40. The van der Waals surface area contributed by atoms with Crippen LogP contribution in [0.25, 0.3) is 0 Å². The van der Waals surface area contributed by atoms with Crippen LogP contribution in [0.4, 0.5) is 5.69 Å². The highest BCUT2D eigenvalue weighted by Gasteiger charge is 2.36. The van der Waals surface area contributed by atoms with Gasteiger partial charge in [-0.1, -0.05) is 6.07 Å². The predicted octanol–water partition coefficient (Wildman–Crippen LogP) is 2.25. The van der Waals surface area contributed by atoms with Crippen LogP contribution in [-0.2, 0) is 9.53 Å². The van der Waals surface area contributed by atoms with E-state index < -0.39 is 5.97 Å². The number of rotatable bonds is 4. The van der Waals surface area contributed by atoms with Crippen molar-refractivity contribution >= 4 is 34.8 Å². The Hall–Kier alpha value is -2.67. The smallest absolute Gasteiger partial charge is 0.337 e. The van der Waals surface area contributed by atoms with Gasteiger partial charge in [-0.15, -0.1) is 11.3 Å². The number of thiophene rings is 1. The van der Waals surface area contributed by atoms with Crippen LogP contribution in [0.2, 0.25) is 0 Å². The molecule has 1 aliphatic rings. The van der Waals surface area contributed by atoms with E-state index in [1.54, 1.807) is 35.2 Å². The minimum atomic E-state index is -0.422. The molecule has 24 heavy (non-hydrogen) atoms. The number of carbonyl (C=O) groups is 3. The molecule has 2 aromatic rings. The molecule has 2 amide bonds. The maximum absolute atomic E-state index is 12.2. The molecule has 0 atom stereocenters. The van der Waals surface area contributed by atoms with Crippen LogP contribution in [0.3, 0.4) is 0 Å². The van der Waals surface area contributed by atoms with Crippen molar-refractivity contribution in [2.24, 2.45) is 5.92 Å². The average Bonchev–Trinajstić information content (AvgIpc) is 3.07. The van der Waals surface area contributed by atoms with E-state index in [4.69, 9.17) is 0 Å². The fourth-order valence-electron chi connectivity index (χ4n) is 2.42. The number of nitrogens with one attached hydrogen (secondary N) is 1. The summed E-state index contributed by atoms with van der Waals surface area (Å²) < 4.78 is 4.62. The molecule has 7 heteroatoms. The lowest BCUT2D eigenvalue weighted by molar-refractivity contribution is -0.123. The number of amides is 2. The third-order valence-electron chi connectivity index (χ3n) is 3.85. The number of nitrogens with zero attached hydrogens (tertiary/aromatic N) is 1. The highest BCUT2D eigenvalue weighted by molar-refractivity contribution is 7.12. The van der Waals surface area contributed by atoms with Gasteiger partial charge in [0.1, 0.15) is 0 Å². The lowest BCUT2D eigenvalue weighted by Crippen LogP contribution is -2.54. The summed E-state index contributed by atoms with van der Waals surface area (Å²) in [6.45, 7) is 0.839. The van der Waals surface area contributed by atoms with E-state index in [1.807, 2.05) is 11.4 Å². The summed E-state index contributed by atoms with van der Waals surface area (Å²) in [5.41, 5.74) is 1.03. The van der Waals surface area contributed by atoms with Crippen LogP contribution in [0.5, 0.6) is 0 Å². The van der Waals surface area contributed by atoms with E-state index >= 15 is 0 Å². The zero-order valence-corrected chi connectivity index (χ0v) is 13.8. The number of esters is 1. The molecule has 6 nitrogen and oxygen atoms in total. The molecule has 1 fully saturated rings. The number of ether oxygens (including phenoxy) is 1. The Labute approximate surface area is 143 Å². The maximum Gasteiger partial charge on any atom is 0.337 e. The van der Waals surface area contributed by atoms with Gasteiger partial charge in [0, 0.05) is 18.8 Å². The topological polar surface area (TPSA) is 75.7 Å². The van der Waals surface area contributed by atoms with Gasteiger partial charge in [0.05, 0.1) is 23.5 Å². The van der Waals surface area contributed by atoms with Gasteiger partial charge in [0.15, 0.2) is 0 Å². The van der Waals surface area contributed by atoms with Gasteiger partial charge < -0.3 is 15.0 Å². The Bertz CT molecular complexity index is 749. The SMILES string of the molecule is COC(=O)c1ccc(NC(=O)C2CN(C(=O)c3cccs3)C2)cc1. The summed E-state index contributed by atoms with van der Waals surface area (Å²) in [6.07, 6.45) is 0. The second-order valence-electron chi connectivity index (χ2n) is 5.44. The lowest BCUT2D eigenvalue weighted by Gasteiger charge is -2.37. The first-order valence-corrected chi connectivity index (χ1v) is 8.28. The molecule has 1 N–H and O–H groups in total. The molecule has 1 aromatic carbocycles. The number of benzene rings is 1. The summed E-state index contributed by atoms with van der Waals surface area (Å²) in [4.78, 5) is 38.0. The van der Waals surface area contributed by atoms with Crippen molar-refractivity contribution in [2.45, 2.75) is 0 Å². The maximum atomic E-state index is 12.2. The number of hydrogen-bond acceptors (Lipinski definition) is 5. The summed E-state index contributed by atoms with van der Waals surface area (Å²) in [5, 5.41) is 4.65. The van der Waals surface area contributed by atoms with Crippen LogP contribution >= 0.6 is 11.3 Å². The summed E-state index contributed by atoms with van der Waals surface area (Å²) in [7, 11) is 1.32. The van der Waals surface area contributed by atoms with Crippen molar-refractivity contribution in [2.75, 3.05) is 25.5 Å². The van der Waals surface area contributed by atoms with Crippen molar-refractivity contribution in [1.29, 1.82) is 0 Å².